The van der Waals surface area contributed by atoms with Crippen molar-refractivity contribution in [1.82, 2.24) is 15.0 Å². The van der Waals surface area contributed by atoms with Gasteiger partial charge in [0.2, 0.25) is 11.9 Å². The molecule has 1 aromatic rings. The zero-order valence-electron chi connectivity index (χ0n) is 12.8. The fraction of sp³-hybridized carbons (Fsp3) is 0.786. The summed E-state index contributed by atoms with van der Waals surface area (Å²) in [6.45, 7) is 7.25. The maximum atomic E-state index is 5.51. The van der Waals surface area contributed by atoms with E-state index in [4.69, 9.17) is 4.74 Å². The molecule has 1 aliphatic rings. The second kappa shape index (κ2) is 6.72. The minimum Gasteiger partial charge on any atom is -0.463 e. The van der Waals surface area contributed by atoms with Crippen LogP contribution in [0.25, 0.3) is 0 Å². The second-order valence-corrected chi connectivity index (χ2v) is 5.53. The summed E-state index contributed by atoms with van der Waals surface area (Å²) in [6.07, 6.45) is 3.34. The summed E-state index contributed by atoms with van der Waals surface area (Å²) in [6, 6.07) is 0.809. The molecule has 1 saturated carbocycles. The van der Waals surface area contributed by atoms with E-state index >= 15 is 0 Å². The Morgan fingerprint density at radius 2 is 1.90 bits per heavy atom. The monoisotopic (exact) mass is 279 g/mol. The van der Waals surface area contributed by atoms with E-state index in [9.17, 15) is 0 Å². The molecular formula is C14H25N5O. The molecule has 3 atom stereocenters. The molecule has 6 nitrogen and oxygen atoms in total. The van der Waals surface area contributed by atoms with Gasteiger partial charge in [-0.15, -0.1) is 0 Å². The molecule has 0 saturated heterocycles. The highest BCUT2D eigenvalue weighted by atomic mass is 16.5. The van der Waals surface area contributed by atoms with Crippen molar-refractivity contribution in [1.29, 1.82) is 0 Å². The molecule has 0 amide bonds. The van der Waals surface area contributed by atoms with Gasteiger partial charge in [-0.1, -0.05) is 20.8 Å². The molecule has 0 aliphatic heterocycles. The lowest BCUT2D eigenvalue weighted by atomic mass is 9.98. The van der Waals surface area contributed by atoms with Crippen molar-refractivity contribution in [3.8, 4) is 6.01 Å². The van der Waals surface area contributed by atoms with E-state index < -0.39 is 0 Å². The summed E-state index contributed by atoms with van der Waals surface area (Å²) in [5, 5.41) is 6.38. The van der Waals surface area contributed by atoms with E-state index in [-0.39, 0.29) is 0 Å². The molecule has 2 rings (SSSR count). The van der Waals surface area contributed by atoms with Crippen molar-refractivity contribution in [3.05, 3.63) is 0 Å². The summed E-state index contributed by atoms with van der Waals surface area (Å²) < 4.78 is 5.51. The van der Waals surface area contributed by atoms with Gasteiger partial charge in [-0.25, -0.2) is 0 Å². The van der Waals surface area contributed by atoms with Crippen LogP contribution in [0.15, 0.2) is 0 Å². The summed E-state index contributed by atoms with van der Waals surface area (Å²) in [4.78, 5) is 12.9. The average molecular weight is 279 g/mol. The highest BCUT2D eigenvalue weighted by Crippen LogP contribution is 2.32. The Morgan fingerprint density at radius 1 is 1.15 bits per heavy atom. The van der Waals surface area contributed by atoms with Crippen LogP contribution in [0, 0.1) is 11.8 Å². The van der Waals surface area contributed by atoms with Crippen LogP contribution in [0.2, 0.25) is 0 Å². The minimum atomic E-state index is 0.382. The Bertz CT molecular complexity index is 440. The Kier molecular flexibility index (Phi) is 4.98. The highest BCUT2D eigenvalue weighted by Gasteiger charge is 2.30. The molecule has 112 valence electrons. The normalized spacial score (nSPS) is 25.5. The number of hydrogen-bond donors (Lipinski definition) is 2. The Labute approximate surface area is 120 Å². The molecule has 1 fully saturated rings. The fourth-order valence-electron chi connectivity index (χ4n) is 2.52. The Balaban J connectivity index is 2.10. The van der Waals surface area contributed by atoms with Crippen LogP contribution in [-0.4, -0.2) is 34.6 Å². The van der Waals surface area contributed by atoms with Gasteiger partial charge in [-0.2, -0.15) is 15.0 Å². The van der Waals surface area contributed by atoms with Crippen molar-refractivity contribution < 1.29 is 4.74 Å². The summed E-state index contributed by atoms with van der Waals surface area (Å²) in [5.41, 5.74) is 0. The zero-order valence-corrected chi connectivity index (χ0v) is 12.8. The third-order valence-electron chi connectivity index (χ3n) is 4.05. The van der Waals surface area contributed by atoms with Gasteiger partial charge in [0.25, 0.3) is 0 Å². The van der Waals surface area contributed by atoms with Gasteiger partial charge in [-0.05, 0) is 31.1 Å². The van der Waals surface area contributed by atoms with Gasteiger partial charge in [-0.3, -0.25) is 0 Å². The smallest absolute Gasteiger partial charge is 0.323 e. The molecule has 6 heteroatoms. The molecule has 0 bridgehead atoms. The fourth-order valence-corrected chi connectivity index (χ4v) is 2.52. The molecule has 0 radical (unpaired) electrons. The number of ether oxygens (including phenoxy) is 1. The summed E-state index contributed by atoms with van der Waals surface area (Å²) in [7, 11) is 1.79. The Morgan fingerprint density at radius 3 is 2.50 bits per heavy atom. The lowest BCUT2D eigenvalue weighted by Gasteiger charge is -2.20. The lowest BCUT2D eigenvalue weighted by Crippen LogP contribution is -2.25. The second-order valence-electron chi connectivity index (χ2n) is 5.53. The van der Waals surface area contributed by atoms with Crippen LogP contribution in [0.4, 0.5) is 11.9 Å². The van der Waals surface area contributed by atoms with Crippen molar-refractivity contribution in [3.63, 3.8) is 0 Å². The SMILES string of the molecule is CCCOc1nc(NC)nc(NC2CCC(C)C2C)n1. The van der Waals surface area contributed by atoms with Crippen LogP contribution < -0.4 is 15.4 Å². The largest absolute Gasteiger partial charge is 0.463 e. The van der Waals surface area contributed by atoms with Gasteiger partial charge >= 0.3 is 6.01 Å². The maximum absolute atomic E-state index is 5.51. The molecule has 0 aromatic carbocycles. The molecule has 3 unspecified atom stereocenters. The predicted molar refractivity (Wildman–Crippen MR) is 80.1 cm³/mol. The minimum absolute atomic E-state index is 0.382. The maximum Gasteiger partial charge on any atom is 0.323 e. The van der Waals surface area contributed by atoms with E-state index in [0.29, 0.717) is 36.5 Å². The third-order valence-corrected chi connectivity index (χ3v) is 4.05. The van der Waals surface area contributed by atoms with Crippen LogP contribution in [0.5, 0.6) is 6.01 Å². The van der Waals surface area contributed by atoms with Crippen molar-refractivity contribution in [2.75, 3.05) is 24.3 Å². The van der Waals surface area contributed by atoms with Crippen LogP contribution >= 0.6 is 0 Å². The first kappa shape index (κ1) is 14.8. The number of nitrogens with one attached hydrogen (secondary N) is 2. The van der Waals surface area contributed by atoms with Gasteiger partial charge in [0.05, 0.1) is 6.61 Å². The topological polar surface area (TPSA) is 72.0 Å². The number of aromatic nitrogens is 3. The van der Waals surface area contributed by atoms with Gasteiger partial charge in [0.1, 0.15) is 0 Å². The van der Waals surface area contributed by atoms with E-state index in [1.807, 2.05) is 0 Å². The first-order chi connectivity index (χ1) is 9.63. The summed E-state index contributed by atoms with van der Waals surface area (Å²) in [5.74, 6) is 2.51. The zero-order chi connectivity index (χ0) is 14.5. The molecule has 1 heterocycles. The van der Waals surface area contributed by atoms with E-state index in [0.717, 1.165) is 18.8 Å². The Hall–Kier alpha value is -1.59. The van der Waals surface area contributed by atoms with Crippen molar-refractivity contribution in [2.24, 2.45) is 11.8 Å². The first-order valence-electron chi connectivity index (χ1n) is 7.47. The molecule has 20 heavy (non-hydrogen) atoms. The number of anilines is 2. The molecule has 0 spiro atoms. The van der Waals surface area contributed by atoms with E-state index in [2.05, 4.69) is 46.4 Å². The predicted octanol–water partition coefficient (Wildman–Crippen LogP) is 2.55. The molecule has 1 aromatic heterocycles. The van der Waals surface area contributed by atoms with Crippen LogP contribution in [0.3, 0.4) is 0 Å². The standard InChI is InChI=1S/C14H25N5O/c1-5-8-20-14-18-12(15-4)17-13(19-14)16-11-7-6-9(2)10(11)3/h9-11H,5-8H2,1-4H3,(H2,15,16,17,18,19). The highest BCUT2D eigenvalue weighted by molar-refractivity contribution is 5.36. The lowest BCUT2D eigenvalue weighted by molar-refractivity contribution is 0.292. The van der Waals surface area contributed by atoms with E-state index in [1.165, 1.54) is 6.42 Å². The quantitative estimate of drug-likeness (QED) is 0.834. The molecular weight excluding hydrogens is 254 g/mol. The average Bonchev–Trinajstić information content (AvgIpc) is 2.77. The summed E-state index contributed by atoms with van der Waals surface area (Å²) >= 11 is 0. The number of hydrogen-bond acceptors (Lipinski definition) is 6. The van der Waals surface area contributed by atoms with Gasteiger partial charge < -0.3 is 15.4 Å². The number of nitrogens with zero attached hydrogens (tertiary/aromatic N) is 3. The third kappa shape index (κ3) is 3.49. The molecule has 1 aliphatic carbocycles. The molecule has 2 N–H and O–H groups in total. The van der Waals surface area contributed by atoms with Gasteiger partial charge in [0, 0.05) is 13.1 Å². The van der Waals surface area contributed by atoms with Crippen molar-refractivity contribution >= 4 is 11.9 Å². The first-order valence-corrected chi connectivity index (χ1v) is 7.47. The van der Waals surface area contributed by atoms with Gasteiger partial charge in [0.15, 0.2) is 0 Å². The number of rotatable bonds is 6. The van der Waals surface area contributed by atoms with Crippen molar-refractivity contribution in [2.45, 2.75) is 46.1 Å². The van der Waals surface area contributed by atoms with Crippen LogP contribution in [-0.2, 0) is 0 Å². The van der Waals surface area contributed by atoms with E-state index in [1.54, 1.807) is 7.05 Å². The van der Waals surface area contributed by atoms with Crippen LogP contribution in [0.1, 0.15) is 40.0 Å².